The maximum atomic E-state index is 10.5. The summed E-state index contributed by atoms with van der Waals surface area (Å²) in [6, 6.07) is 5.98. The molecule has 0 saturated heterocycles. The monoisotopic (exact) mass is 365 g/mol. The Morgan fingerprint density at radius 3 is 2.35 bits per heavy atom. The predicted octanol–water partition coefficient (Wildman–Crippen LogP) is 2.69. The zero-order valence-electron chi connectivity index (χ0n) is 17.1. The lowest BCUT2D eigenvalue weighted by molar-refractivity contribution is 0.0416. The third-order valence-corrected chi connectivity index (χ3v) is 4.72. The Labute approximate surface area is 158 Å². The topological polar surface area (TPSA) is 66.3 Å². The molecule has 26 heavy (non-hydrogen) atoms. The van der Waals surface area contributed by atoms with Gasteiger partial charge in [0.2, 0.25) is 0 Å². The summed E-state index contributed by atoms with van der Waals surface area (Å²) in [5, 5.41) is 13.8. The molecule has 0 fully saturated rings. The van der Waals surface area contributed by atoms with Crippen molar-refractivity contribution in [2.45, 2.75) is 45.6 Å². The highest BCUT2D eigenvalue weighted by Gasteiger charge is 2.22. The molecule has 0 atom stereocenters. The van der Waals surface area contributed by atoms with Gasteiger partial charge in [-0.2, -0.15) is 0 Å². The number of hydrogen-bond donors (Lipinski definition) is 2. The van der Waals surface area contributed by atoms with Gasteiger partial charge in [0.15, 0.2) is 17.5 Å². The lowest BCUT2D eigenvalue weighted by atomic mass is 9.98. The minimum atomic E-state index is -0.731. The predicted molar refractivity (Wildman–Crippen MR) is 107 cm³/mol. The van der Waals surface area contributed by atoms with E-state index >= 15 is 0 Å². The van der Waals surface area contributed by atoms with Gasteiger partial charge >= 0.3 is 0 Å². The smallest absolute Gasteiger partial charge is 0.193 e. The van der Waals surface area contributed by atoms with Crippen LogP contribution in [-0.4, -0.2) is 62.5 Å². The Balaban J connectivity index is 2.77. The third-order valence-electron chi connectivity index (χ3n) is 4.72. The summed E-state index contributed by atoms with van der Waals surface area (Å²) in [5.74, 6) is 2.29. The zero-order valence-corrected chi connectivity index (χ0v) is 17.1. The Morgan fingerprint density at radius 2 is 1.81 bits per heavy atom. The van der Waals surface area contributed by atoms with E-state index in [9.17, 15) is 5.11 Å². The molecule has 6 heteroatoms. The number of aliphatic imine (C=N–C) groups is 1. The normalized spacial score (nSPS) is 12.0. The van der Waals surface area contributed by atoms with Gasteiger partial charge in [-0.1, -0.05) is 19.9 Å². The molecule has 148 valence electrons. The van der Waals surface area contributed by atoms with Crippen molar-refractivity contribution in [3.63, 3.8) is 0 Å². The quantitative estimate of drug-likeness (QED) is 0.493. The van der Waals surface area contributed by atoms with Crippen LogP contribution in [0.15, 0.2) is 23.2 Å². The molecule has 0 aliphatic carbocycles. The highest BCUT2D eigenvalue weighted by Crippen LogP contribution is 2.27. The molecule has 1 aromatic rings. The Kier molecular flexibility index (Phi) is 9.27. The second-order valence-electron chi connectivity index (χ2n) is 6.46. The summed E-state index contributed by atoms with van der Waals surface area (Å²) in [4.78, 5) is 6.73. The van der Waals surface area contributed by atoms with Crippen LogP contribution < -0.4 is 14.8 Å². The van der Waals surface area contributed by atoms with Gasteiger partial charge in [0.1, 0.15) is 0 Å². The molecular weight excluding hydrogens is 330 g/mol. The number of ether oxygens (including phenoxy) is 2. The summed E-state index contributed by atoms with van der Waals surface area (Å²) >= 11 is 0. The number of guanidine groups is 1. The molecular formula is C20H35N3O3. The van der Waals surface area contributed by atoms with Crippen LogP contribution in [0.3, 0.4) is 0 Å². The van der Waals surface area contributed by atoms with Crippen molar-refractivity contribution in [2.75, 3.05) is 40.9 Å². The first-order valence-electron chi connectivity index (χ1n) is 9.35. The number of rotatable bonds is 10. The highest BCUT2D eigenvalue weighted by atomic mass is 16.5. The van der Waals surface area contributed by atoms with Crippen molar-refractivity contribution < 1.29 is 14.6 Å². The van der Waals surface area contributed by atoms with E-state index in [1.54, 1.807) is 14.2 Å². The Hall–Kier alpha value is -1.95. The Bertz CT molecular complexity index is 571. The van der Waals surface area contributed by atoms with Crippen LogP contribution in [0.4, 0.5) is 0 Å². The van der Waals surface area contributed by atoms with Gasteiger partial charge in [-0.25, -0.2) is 0 Å². The largest absolute Gasteiger partial charge is 0.493 e. The molecule has 0 spiro atoms. The van der Waals surface area contributed by atoms with Crippen molar-refractivity contribution in [3.8, 4) is 11.5 Å². The van der Waals surface area contributed by atoms with Gasteiger partial charge in [-0.15, -0.1) is 0 Å². The fourth-order valence-corrected chi connectivity index (χ4v) is 2.60. The number of nitrogens with one attached hydrogen (secondary N) is 1. The van der Waals surface area contributed by atoms with Crippen LogP contribution >= 0.6 is 0 Å². The van der Waals surface area contributed by atoms with Crippen LogP contribution in [-0.2, 0) is 6.42 Å². The van der Waals surface area contributed by atoms with Crippen molar-refractivity contribution >= 4 is 5.96 Å². The maximum Gasteiger partial charge on any atom is 0.193 e. The lowest BCUT2D eigenvalue weighted by Gasteiger charge is -2.26. The van der Waals surface area contributed by atoms with E-state index in [-0.39, 0.29) is 0 Å². The van der Waals surface area contributed by atoms with E-state index in [4.69, 9.17) is 9.47 Å². The molecule has 6 nitrogen and oxygen atoms in total. The first-order chi connectivity index (χ1) is 12.4. The fourth-order valence-electron chi connectivity index (χ4n) is 2.60. The third kappa shape index (κ3) is 6.41. The van der Waals surface area contributed by atoms with E-state index in [1.165, 1.54) is 5.56 Å². The molecule has 0 amide bonds. The van der Waals surface area contributed by atoms with Gasteiger partial charge in [0.25, 0.3) is 0 Å². The first kappa shape index (κ1) is 22.1. The minimum absolute atomic E-state index is 0.406. The summed E-state index contributed by atoms with van der Waals surface area (Å²) in [5.41, 5.74) is 0.439. The lowest BCUT2D eigenvalue weighted by Crippen LogP contribution is -2.41. The molecule has 2 N–H and O–H groups in total. The van der Waals surface area contributed by atoms with E-state index in [0.717, 1.165) is 37.0 Å². The molecule has 1 aromatic carbocycles. The standard InChI is InChI=1S/C20H35N3O3/c1-7-20(24,8-2)15-22-19(21-9-3)23(4)13-12-16-10-11-17(25-5)18(14-16)26-6/h10-11,14,24H,7-9,12-13,15H2,1-6H3,(H,21,22). The summed E-state index contributed by atoms with van der Waals surface area (Å²) in [7, 11) is 5.30. The molecule has 0 saturated carbocycles. The first-order valence-corrected chi connectivity index (χ1v) is 9.35. The van der Waals surface area contributed by atoms with Crippen LogP contribution in [0.2, 0.25) is 0 Å². The average Bonchev–Trinajstić information content (AvgIpc) is 2.68. The van der Waals surface area contributed by atoms with Crippen molar-refractivity contribution in [2.24, 2.45) is 4.99 Å². The fraction of sp³-hybridized carbons (Fsp3) is 0.650. The Morgan fingerprint density at radius 1 is 1.15 bits per heavy atom. The molecule has 0 aliphatic rings. The van der Waals surface area contributed by atoms with E-state index in [0.29, 0.717) is 19.4 Å². The van der Waals surface area contributed by atoms with E-state index in [1.807, 2.05) is 46.0 Å². The number of nitrogens with zero attached hydrogens (tertiary/aromatic N) is 2. The molecule has 0 aliphatic heterocycles. The molecule has 0 unspecified atom stereocenters. The number of methoxy groups -OCH3 is 2. The van der Waals surface area contributed by atoms with Crippen LogP contribution in [0.5, 0.6) is 11.5 Å². The minimum Gasteiger partial charge on any atom is -0.493 e. The number of hydrogen-bond acceptors (Lipinski definition) is 4. The molecule has 0 heterocycles. The molecule has 1 rings (SSSR count). The van der Waals surface area contributed by atoms with E-state index < -0.39 is 5.60 Å². The highest BCUT2D eigenvalue weighted by molar-refractivity contribution is 5.79. The average molecular weight is 366 g/mol. The molecule has 0 aromatic heterocycles. The maximum absolute atomic E-state index is 10.5. The van der Waals surface area contributed by atoms with Gasteiger partial charge < -0.3 is 24.8 Å². The van der Waals surface area contributed by atoms with Gasteiger partial charge in [0, 0.05) is 20.1 Å². The summed E-state index contributed by atoms with van der Waals surface area (Å²) in [6.07, 6.45) is 2.25. The number of aliphatic hydroxyl groups is 1. The molecule has 0 bridgehead atoms. The molecule has 0 radical (unpaired) electrons. The van der Waals surface area contributed by atoms with Crippen LogP contribution in [0.1, 0.15) is 39.2 Å². The SMILES string of the molecule is CCNC(=NCC(O)(CC)CC)N(C)CCc1ccc(OC)c(OC)c1. The number of benzene rings is 1. The van der Waals surface area contributed by atoms with E-state index in [2.05, 4.69) is 15.2 Å². The zero-order chi connectivity index (χ0) is 19.6. The van der Waals surface area contributed by atoms with Gasteiger partial charge in [0.05, 0.1) is 26.4 Å². The van der Waals surface area contributed by atoms with Crippen LogP contribution in [0.25, 0.3) is 0 Å². The van der Waals surface area contributed by atoms with Crippen molar-refractivity contribution in [1.82, 2.24) is 10.2 Å². The second kappa shape index (κ2) is 10.9. The van der Waals surface area contributed by atoms with Crippen LogP contribution in [0, 0.1) is 0 Å². The van der Waals surface area contributed by atoms with Crippen molar-refractivity contribution in [3.05, 3.63) is 23.8 Å². The number of likely N-dealkylation sites (N-methyl/N-ethyl adjacent to an activating group) is 1. The van der Waals surface area contributed by atoms with Crippen molar-refractivity contribution in [1.29, 1.82) is 0 Å². The van der Waals surface area contributed by atoms with Gasteiger partial charge in [-0.3, -0.25) is 4.99 Å². The second-order valence-corrected chi connectivity index (χ2v) is 6.46. The summed E-state index contributed by atoms with van der Waals surface area (Å²) < 4.78 is 10.7. The summed E-state index contributed by atoms with van der Waals surface area (Å²) in [6.45, 7) is 8.03. The van der Waals surface area contributed by atoms with Gasteiger partial charge in [-0.05, 0) is 43.9 Å².